The van der Waals surface area contributed by atoms with Crippen molar-refractivity contribution in [3.8, 4) is 0 Å². The van der Waals surface area contributed by atoms with Crippen LogP contribution in [0.5, 0.6) is 0 Å². The highest BCUT2D eigenvalue weighted by molar-refractivity contribution is 4.76. The van der Waals surface area contributed by atoms with E-state index >= 15 is 0 Å². The van der Waals surface area contributed by atoms with E-state index in [1.807, 2.05) is 0 Å². The molecule has 2 unspecified atom stereocenters. The lowest BCUT2D eigenvalue weighted by Gasteiger charge is -2.30. The van der Waals surface area contributed by atoms with E-state index in [2.05, 4.69) is 17.6 Å². The Bertz CT molecular complexity index is 153. The van der Waals surface area contributed by atoms with Crippen molar-refractivity contribution < 1.29 is 5.11 Å². The van der Waals surface area contributed by atoms with Crippen LogP contribution >= 0.6 is 0 Å². The standard InChI is InChI=1S/C12H26N2O/c1-2-13-7-8-14-9-11-5-3-4-6-12(11)10-15/h11-15H,2-10H2,1H3. The molecule has 15 heavy (non-hydrogen) atoms. The molecule has 0 aromatic rings. The Morgan fingerprint density at radius 1 is 1.07 bits per heavy atom. The molecule has 1 saturated carbocycles. The van der Waals surface area contributed by atoms with Crippen LogP contribution in [0.25, 0.3) is 0 Å². The van der Waals surface area contributed by atoms with Crippen LogP contribution in [0.4, 0.5) is 0 Å². The third kappa shape index (κ3) is 4.96. The van der Waals surface area contributed by atoms with E-state index in [-0.39, 0.29) is 0 Å². The van der Waals surface area contributed by atoms with Gasteiger partial charge in [0, 0.05) is 19.7 Å². The van der Waals surface area contributed by atoms with E-state index in [0.717, 1.165) is 26.2 Å². The fraction of sp³-hybridized carbons (Fsp3) is 1.00. The minimum absolute atomic E-state index is 0.375. The Morgan fingerprint density at radius 2 is 1.73 bits per heavy atom. The number of likely N-dealkylation sites (N-methyl/N-ethyl adjacent to an activating group) is 1. The first-order valence-electron chi connectivity index (χ1n) is 6.40. The number of rotatable bonds is 7. The Kier molecular flexibility index (Phi) is 6.98. The van der Waals surface area contributed by atoms with Gasteiger partial charge in [0.05, 0.1) is 0 Å². The summed E-state index contributed by atoms with van der Waals surface area (Å²) in [5, 5.41) is 16.0. The summed E-state index contributed by atoms with van der Waals surface area (Å²) in [6, 6.07) is 0. The smallest absolute Gasteiger partial charge is 0.0462 e. The van der Waals surface area contributed by atoms with Crippen molar-refractivity contribution >= 4 is 0 Å². The van der Waals surface area contributed by atoms with E-state index in [0.29, 0.717) is 18.4 Å². The first-order valence-corrected chi connectivity index (χ1v) is 6.40. The molecule has 0 aromatic carbocycles. The second kappa shape index (κ2) is 8.08. The SMILES string of the molecule is CCNCCNCC1CCCCC1CO. The summed E-state index contributed by atoms with van der Waals surface area (Å²) in [4.78, 5) is 0. The summed E-state index contributed by atoms with van der Waals surface area (Å²) in [6.45, 7) is 6.72. The van der Waals surface area contributed by atoms with Gasteiger partial charge in [-0.3, -0.25) is 0 Å². The van der Waals surface area contributed by atoms with Crippen LogP contribution in [0.3, 0.4) is 0 Å². The Balaban J connectivity index is 2.07. The first-order chi connectivity index (χ1) is 7.38. The molecule has 3 N–H and O–H groups in total. The molecule has 1 rings (SSSR count). The number of aliphatic hydroxyl groups excluding tert-OH is 1. The van der Waals surface area contributed by atoms with Gasteiger partial charge in [0.2, 0.25) is 0 Å². The lowest BCUT2D eigenvalue weighted by molar-refractivity contribution is 0.133. The number of aliphatic hydroxyl groups is 1. The molecule has 0 bridgehead atoms. The van der Waals surface area contributed by atoms with Crippen molar-refractivity contribution in [1.82, 2.24) is 10.6 Å². The van der Waals surface area contributed by atoms with Crippen LogP contribution in [-0.2, 0) is 0 Å². The zero-order chi connectivity index (χ0) is 10.9. The van der Waals surface area contributed by atoms with Crippen molar-refractivity contribution in [2.75, 3.05) is 32.8 Å². The predicted molar refractivity (Wildman–Crippen MR) is 63.9 cm³/mol. The maximum absolute atomic E-state index is 9.26. The molecule has 1 aliphatic carbocycles. The molecule has 1 fully saturated rings. The summed E-state index contributed by atoms with van der Waals surface area (Å²) >= 11 is 0. The van der Waals surface area contributed by atoms with Gasteiger partial charge >= 0.3 is 0 Å². The number of hydrogen-bond donors (Lipinski definition) is 3. The molecular weight excluding hydrogens is 188 g/mol. The van der Waals surface area contributed by atoms with Crippen LogP contribution in [0.2, 0.25) is 0 Å². The van der Waals surface area contributed by atoms with E-state index < -0.39 is 0 Å². The van der Waals surface area contributed by atoms with E-state index in [1.54, 1.807) is 0 Å². The molecule has 0 radical (unpaired) electrons. The predicted octanol–water partition coefficient (Wildman–Crippen LogP) is 0.984. The van der Waals surface area contributed by atoms with Gasteiger partial charge in [0.25, 0.3) is 0 Å². The molecule has 2 atom stereocenters. The normalized spacial score (nSPS) is 26.8. The maximum atomic E-state index is 9.26. The average molecular weight is 214 g/mol. The summed E-state index contributed by atoms with van der Waals surface area (Å²) in [7, 11) is 0. The highest BCUT2D eigenvalue weighted by Gasteiger charge is 2.23. The number of hydrogen-bond acceptors (Lipinski definition) is 3. The Morgan fingerprint density at radius 3 is 2.40 bits per heavy atom. The molecular formula is C12H26N2O. The second-order valence-electron chi connectivity index (χ2n) is 4.54. The Hall–Kier alpha value is -0.120. The van der Waals surface area contributed by atoms with Crippen molar-refractivity contribution in [1.29, 1.82) is 0 Å². The van der Waals surface area contributed by atoms with Crippen LogP contribution < -0.4 is 10.6 Å². The minimum Gasteiger partial charge on any atom is -0.396 e. The van der Waals surface area contributed by atoms with Gasteiger partial charge in [-0.2, -0.15) is 0 Å². The largest absolute Gasteiger partial charge is 0.396 e. The van der Waals surface area contributed by atoms with Crippen molar-refractivity contribution in [2.45, 2.75) is 32.6 Å². The van der Waals surface area contributed by atoms with Gasteiger partial charge in [0.15, 0.2) is 0 Å². The summed E-state index contributed by atoms with van der Waals surface area (Å²) in [5.41, 5.74) is 0. The quantitative estimate of drug-likeness (QED) is 0.554. The zero-order valence-corrected chi connectivity index (χ0v) is 9.97. The summed E-state index contributed by atoms with van der Waals surface area (Å²) in [5.74, 6) is 1.25. The van der Waals surface area contributed by atoms with Gasteiger partial charge in [-0.1, -0.05) is 19.8 Å². The van der Waals surface area contributed by atoms with E-state index in [1.165, 1.54) is 25.7 Å². The lowest BCUT2D eigenvalue weighted by Crippen LogP contribution is -2.35. The molecule has 0 aliphatic heterocycles. The highest BCUT2D eigenvalue weighted by atomic mass is 16.3. The molecule has 0 spiro atoms. The van der Waals surface area contributed by atoms with Gasteiger partial charge in [-0.05, 0) is 37.8 Å². The lowest BCUT2D eigenvalue weighted by atomic mass is 9.79. The molecule has 0 saturated heterocycles. The molecule has 3 heteroatoms. The molecule has 0 amide bonds. The average Bonchev–Trinajstić information content (AvgIpc) is 2.29. The molecule has 3 nitrogen and oxygen atoms in total. The zero-order valence-electron chi connectivity index (χ0n) is 9.97. The second-order valence-corrected chi connectivity index (χ2v) is 4.54. The monoisotopic (exact) mass is 214 g/mol. The third-order valence-corrected chi connectivity index (χ3v) is 3.44. The van der Waals surface area contributed by atoms with Gasteiger partial charge in [0.1, 0.15) is 0 Å². The first kappa shape index (κ1) is 12.9. The van der Waals surface area contributed by atoms with Crippen LogP contribution in [0.15, 0.2) is 0 Å². The minimum atomic E-state index is 0.375. The van der Waals surface area contributed by atoms with Gasteiger partial charge in [-0.15, -0.1) is 0 Å². The van der Waals surface area contributed by atoms with Crippen molar-refractivity contribution in [2.24, 2.45) is 11.8 Å². The van der Waals surface area contributed by atoms with Crippen molar-refractivity contribution in [3.63, 3.8) is 0 Å². The van der Waals surface area contributed by atoms with Crippen LogP contribution in [0.1, 0.15) is 32.6 Å². The fourth-order valence-electron chi connectivity index (χ4n) is 2.43. The van der Waals surface area contributed by atoms with Gasteiger partial charge in [-0.25, -0.2) is 0 Å². The van der Waals surface area contributed by atoms with Crippen LogP contribution in [0, 0.1) is 11.8 Å². The highest BCUT2D eigenvalue weighted by Crippen LogP contribution is 2.28. The van der Waals surface area contributed by atoms with E-state index in [9.17, 15) is 5.11 Å². The molecule has 0 heterocycles. The molecule has 1 aliphatic rings. The molecule has 90 valence electrons. The van der Waals surface area contributed by atoms with Crippen LogP contribution in [-0.4, -0.2) is 37.9 Å². The van der Waals surface area contributed by atoms with Crippen molar-refractivity contribution in [3.05, 3.63) is 0 Å². The molecule has 0 aromatic heterocycles. The maximum Gasteiger partial charge on any atom is 0.0462 e. The van der Waals surface area contributed by atoms with Gasteiger partial charge < -0.3 is 15.7 Å². The van der Waals surface area contributed by atoms with E-state index in [4.69, 9.17) is 0 Å². The summed E-state index contributed by atoms with van der Waals surface area (Å²) in [6.07, 6.45) is 5.16. The topological polar surface area (TPSA) is 44.3 Å². The Labute approximate surface area is 93.6 Å². The fourth-order valence-corrected chi connectivity index (χ4v) is 2.43. The summed E-state index contributed by atoms with van der Waals surface area (Å²) < 4.78 is 0. The number of nitrogens with one attached hydrogen (secondary N) is 2. The third-order valence-electron chi connectivity index (χ3n) is 3.44.